The molecule has 7 heteroatoms. The predicted octanol–water partition coefficient (Wildman–Crippen LogP) is 9.22. The van der Waals surface area contributed by atoms with E-state index in [1.165, 1.54) is 23.1 Å². The maximum atomic E-state index is 13.1. The molecule has 2 fully saturated rings. The van der Waals surface area contributed by atoms with E-state index in [9.17, 15) is 4.79 Å². The van der Waals surface area contributed by atoms with Gasteiger partial charge >= 0.3 is 0 Å². The first-order valence-electron chi connectivity index (χ1n) is 17.0. The Kier molecular flexibility index (Phi) is 9.72. The Balaban J connectivity index is 1.74. The van der Waals surface area contributed by atoms with Crippen LogP contribution in [0.4, 0.5) is 0 Å². The number of primary amides is 1. The summed E-state index contributed by atoms with van der Waals surface area (Å²) in [6.45, 7) is 29.1. The first-order valence-corrected chi connectivity index (χ1v) is 22.8. The fourth-order valence-corrected chi connectivity index (χ4v) is 9.05. The summed E-state index contributed by atoms with van der Waals surface area (Å²) < 4.78 is 20.9. The van der Waals surface area contributed by atoms with Crippen molar-refractivity contribution in [2.45, 2.75) is 155 Å². The van der Waals surface area contributed by atoms with Crippen molar-refractivity contribution >= 4 is 22.5 Å². The summed E-state index contributed by atoms with van der Waals surface area (Å²) in [5.74, 6) is 0.0335. The van der Waals surface area contributed by atoms with Crippen molar-refractivity contribution in [3.63, 3.8) is 0 Å². The van der Waals surface area contributed by atoms with Crippen LogP contribution in [0.5, 0.6) is 0 Å². The van der Waals surface area contributed by atoms with Crippen LogP contribution < -0.4 is 5.73 Å². The average Bonchev–Trinajstić information content (AvgIpc) is 3.22. The molecule has 2 aliphatic heterocycles. The van der Waals surface area contributed by atoms with Gasteiger partial charge in [-0.15, -0.1) is 0 Å². The Morgan fingerprint density at radius 2 is 1.58 bits per heavy atom. The maximum absolute atomic E-state index is 13.1. The fraction of sp³-hybridized carbons (Fsp3) is 0.806. The van der Waals surface area contributed by atoms with Crippen molar-refractivity contribution in [2.24, 2.45) is 23.0 Å². The van der Waals surface area contributed by atoms with Crippen LogP contribution in [0.2, 0.25) is 36.3 Å². The van der Waals surface area contributed by atoms with Crippen LogP contribution in [0.25, 0.3) is 0 Å². The number of hydrogen-bond acceptors (Lipinski definition) is 4. The van der Waals surface area contributed by atoms with Crippen LogP contribution in [0.3, 0.4) is 0 Å². The summed E-state index contributed by atoms with van der Waals surface area (Å²) in [5, 5.41) is 0.238. The van der Waals surface area contributed by atoms with Crippen LogP contribution in [0.1, 0.15) is 107 Å². The van der Waals surface area contributed by atoms with Gasteiger partial charge in [0.05, 0.1) is 18.3 Å². The Morgan fingerprint density at radius 3 is 2.14 bits per heavy atom. The second-order valence-electron chi connectivity index (χ2n) is 18.0. The number of hydrogen-bond donors (Lipinski definition) is 1. The first kappa shape index (κ1) is 34.9. The van der Waals surface area contributed by atoms with E-state index in [0.29, 0.717) is 18.6 Å². The van der Waals surface area contributed by atoms with Crippen LogP contribution in [0, 0.1) is 17.3 Å². The van der Waals surface area contributed by atoms with Gasteiger partial charge in [-0.2, -0.15) is 0 Å². The highest BCUT2D eigenvalue weighted by Gasteiger charge is 2.57. The van der Waals surface area contributed by atoms with Crippen LogP contribution >= 0.6 is 0 Å². The van der Waals surface area contributed by atoms with Gasteiger partial charge in [0.25, 0.3) is 0 Å². The Bertz CT molecular complexity index is 1170. The third-order valence-electron chi connectivity index (χ3n) is 12.3. The molecule has 2 N–H and O–H groups in total. The van der Waals surface area contributed by atoms with E-state index in [1.807, 2.05) is 0 Å². The Hall–Kier alpha value is -0.996. The molecule has 2 saturated heterocycles. The maximum Gasteiger partial charge on any atom is 0.248 e. The number of nitrogens with two attached hydrogens (primary N) is 1. The van der Waals surface area contributed by atoms with Crippen LogP contribution in [-0.4, -0.2) is 47.5 Å². The van der Waals surface area contributed by atoms with E-state index >= 15 is 0 Å². The van der Waals surface area contributed by atoms with Gasteiger partial charge in [-0.3, -0.25) is 4.79 Å². The minimum absolute atomic E-state index is 0.115. The molecule has 1 amide bonds. The molecule has 0 saturated carbocycles. The first-order chi connectivity index (χ1) is 19.6. The zero-order chi connectivity index (χ0) is 32.2. The number of allylic oxidation sites excluding steroid dienone is 4. The largest absolute Gasteiger partial charge is 0.416 e. The number of carbonyl (C=O) groups excluding carboxylic acids is 1. The van der Waals surface area contributed by atoms with E-state index < -0.39 is 22.2 Å². The monoisotopic (exact) mass is 629 g/mol. The highest BCUT2D eigenvalue weighted by atomic mass is 28.4. The predicted molar refractivity (Wildman–Crippen MR) is 184 cm³/mol. The van der Waals surface area contributed by atoms with Crippen molar-refractivity contribution in [2.75, 3.05) is 13.2 Å². The van der Waals surface area contributed by atoms with Gasteiger partial charge in [-0.25, -0.2) is 0 Å². The highest BCUT2D eigenvalue weighted by molar-refractivity contribution is 6.74. The van der Waals surface area contributed by atoms with E-state index in [-0.39, 0.29) is 33.9 Å². The number of rotatable bonds is 9. The lowest BCUT2D eigenvalue weighted by molar-refractivity contribution is -0.161. The molecule has 0 spiro atoms. The SMILES string of the molecule is CC1(C)CC=C(C2=CC(C(N)=O)=C(C3CC4CCC(CO[Si](C)(C)C(C)(C)C)(O4)C3CO[Si](C)(C)C(C)(C)C)CC2)CC1. The van der Waals surface area contributed by atoms with Crippen LogP contribution in [-0.2, 0) is 18.4 Å². The van der Waals surface area contributed by atoms with Gasteiger partial charge in [-0.05, 0) is 116 Å². The molecule has 2 aliphatic carbocycles. The quantitative estimate of drug-likeness (QED) is 0.258. The molecule has 4 aliphatic rings. The van der Waals surface area contributed by atoms with Gasteiger partial charge in [0, 0.05) is 18.1 Å². The van der Waals surface area contributed by atoms with Crippen molar-refractivity contribution < 1.29 is 18.4 Å². The molecule has 5 nitrogen and oxygen atoms in total. The topological polar surface area (TPSA) is 70.8 Å². The zero-order valence-corrected chi connectivity index (χ0v) is 31.7. The second-order valence-corrected chi connectivity index (χ2v) is 27.6. The second kappa shape index (κ2) is 12.0. The minimum atomic E-state index is -2.02. The van der Waals surface area contributed by atoms with Crippen molar-refractivity contribution in [3.8, 4) is 0 Å². The van der Waals surface area contributed by atoms with E-state index in [4.69, 9.17) is 19.3 Å². The number of amides is 1. The third-order valence-corrected chi connectivity index (χ3v) is 21.3. The minimum Gasteiger partial charge on any atom is -0.416 e. The number of carbonyl (C=O) groups is 1. The number of ether oxygens (including phenoxy) is 1. The highest BCUT2D eigenvalue weighted by Crippen LogP contribution is 2.54. The summed E-state index contributed by atoms with van der Waals surface area (Å²) in [7, 11) is -4.02. The van der Waals surface area contributed by atoms with Crippen LogP contribution in [0.15, 0.2) is 34.4 Å². The van der Waals surface area contributed by atoms with Gasteiger partial charge in [0.15, 0.2) is 16.6 Å². The van der Waals surface area contributed by atoms with Crippen molar-refractivity contribution in [1.29, 1.82) is 0 Å². The molecule has 0 aromatic rings. The Morgan fingerprint density at radius 1 is 0.953 bits per heavy atom. The summed E-state index contributed by atoms with van der Waals surface area (Å²) >= 11 is 0. The standard InChI is InChI=1S/C36H63NO4Si2/c1-33(2,3)42(9,10)39-23-31-29(22-27-17-20-36(31,41-27)24-40-43(11,12)34(4,5)6)28-14-13-26(21-30(28)32(37)38)25-15-18-35(7,8)19-16-25/h15,21,27,29,31H,13-14,16-20,22-24H2,1-12H3,(H2,37,38). The fourth-order valence-electron chi connectivity index (χ4n) is 6.99. The van der Waals surface area contributed by atoms with Gasteiger partial charge in [0.2, 0.25) is 5.91 Å². The molecule has 244 valence electrons. The number of fused-ring (bicyclic) bond motifs is 2. The molecule has 4 rings (SSSR count). The van der Waals surface area contributed by atoms with Gasteiger partial charge < -0.3 is 19.3 Å². The molecule has 0 radical (unpaired) electrons. The molecule has 4 atom stereocenters. The lowest BCUT2D eigenvalue weighted by Crippen LogP contribution is -2.56. The van der Waals surface area contributed by atoms with Gasteiger partial charge in [-0.1, -0.05) is 67.0 Å². The molecular formula is C36H63NO4Si2. The summed E-state index contributed by atoms with van der Waals surface area (Å²) in [5.41, 5.74) is 10.9. The van der Waals surface area contributed by atoms with Crippen molar-refractivity contribution in [3.05, 3.63) is 34.4 Å². The van der Waals surface area contributed by atoms with E-state index in [1.54, 1.807) is 0 Å². The summed E-state index contributed by atoms with van der Waals surface area (Å²) in [6.07, 6.45) is 12.9. The van der Waals surface area contributed by atoms with Gasteiger partial charge in [0.1, 0.15) is 0 Å². The van der Waals surface area contributed by atoms with E-state index in [2.05, 4.69) is 93.7 Å². The molecule has 2 heterocycles. The van der Waals surface area contributed by atoms with E-state index in [0.717, 1.165) is 50.5 Å². The average molecular weight is 630 g/mol. The Labute approximate surface area is 265 Å². The smallest absolute Gasteiger partial charge is 0.248 e. The lowest BCUT2D eigenvalue weighted by Gasteiger charge is -2.50. The molecule has 0 aromatic heterocycles. The lowest BCUT2D eigenvalue weighted by atomic mass is 9.68. The van der Waals surface area contributed by atoms with Crippen molar-refractivity contribution in [1.82, 2.24) is 0 Å². The molecule has 2 bridgehead atoms. The molecule has 4 unspecified atom stereocenters. The summed E-state index contributed by atoms with van der Waals surface area (Å²) in [6, 6.07) is 0. The molecular weight excluding hydrogens is 567 g/mol. The third kappa shape index (κ3) is 7.37. The molecule has 43 heavy (non-hydrogen) atoms. The molecule has 0 aromatic carbocycles. The normalized spacial score (nSPS) is 30.3. The zero-order valence-electron chi connectivity index (χ0n) is 29.7. The summed E-state index contributed by atoms with van der Waals surface area (Å²) in [4.78, 5) is 13.1.